The van der Waals surface area contributed by atoms with Crippen LogP contribution in [0.2, 0.25) is 0 Å². The first-order valence-corrected chi connectivity index (χ1v) is 5.89. The highest BCUT2D eigenvalue weighted by Gasteiger charge is 2.13. The van der Waals surface area contributed by atoms with Crippen LogP contribution in [0.1, 0.15) is 11.1 Å². The number of aryl methyl sites for hydroxylation is 1. The van der Waals surface area contributed by atoms with E-state index >= 15 is 0 Å². The van der Waals surface area contributed by atoms with Gasteiger partial charge in [-0.2, -0.15) is 0 Å². The Morgan fingerprint density at radius 2 is 1.94 bits per heavy atom. The van der Waals surface area contributed by atoms with E-state index in [1.165, 1.54) is 5.56 Å². The first-order chi connectivity index (χ1) is 8.81. The molecule has 3 nitrogen and oxygen atoms in total. The van der Waals surface area contributed by atoms with Gasteiger partial charge in [0.2, 0.25) is 6.79 Å². The molecule has 0 saturated heterocycles. The first-order valence-electron chi connectivity index (χ1n) is 5.89. The molecular formula is C15H14O3. The van der Waals surface area contributed by atoms with Gasteiger partial charge < -0.3 is 14.2 Å². The van der Waals surface area contributed by atoms with Gasteiger partial charge in [-0.3, -0.25) is 0 Å². The van der Waals surface area contributed by atoms with Gasteiger partial charge >= 0.3 is 0 Å². The highest BCUT2D eigenvalue weighted by Crippen LogP contribution is 2.32. The third kappa shape index (κ3) is 2.25. The summed E-state index contributed by atoms with van der Waals surface area (Å²) >= 11 is 0. The second kappa shape index (κ2) is 4.61. The van der Waals surface area contributed by atoms with Gasteiger partial charge in [-0.1, -0.05) is 18.2 Å². The number of hydrogen-bond donors (Lipinski definition) is 0. The zero-order chi connectivity index (χ0) is 12.4. The van der Waals surface area contributed by atoms with Crippen molar-refractivity contribution in [2.24, 2.45) is 0 Å². The monoisotopic (exact) mass is 242 g/mol. The average molecular weight is 242 g/mol. The average Bonchev–Trinajstić information content (AvgIpc) is 2.84. The molecule has 0 unspecified atom stereocenters. The van der Waals surface area contributed by atoms with E-state index in [1.807, 2.05) is 49.4 Å². The lowest BCUT2D eigenvalue weighted by Gasteiger charge is -2.07. The Morgan fingerprint density at radius 1 is 1.06 bits per heavy atom. The van der Waals surface area contributed by atoms with Crippen LogP contribution in [0.25, 0.3) is 0 Å². The summed E-state index contributed by atoms with van der Waals surface area (Å²) in [6.45, 7) is 2.88. The van der Waals surface area contributed by atoms with Crippen LogP contribution in [0.15, 0.2) is 42.5 Å². The maximum absolute atomic E-state index is 5.74. The minimum atomic E-state index is 0.303. The summed E-state index contributed by atoms with van der Waals surface area (Å²) in [6.07, 6.45) is 0. The zero-order valence-corrected chi connectivity index (χ0v) is 10.2. The van der Waals surface area contributed by atoms with Gasteiger partial charge in [0.05, 0.1) is 0 Å². The summed E-state index contributed by atoms with van der Waals surface area (Å²) in [7, 11) is 0. The normalized spacial score (nSPS) is 12.5. The maximum Gasteiger partial charge on any atom is 0.231 e. The lowest BCUT2D eigenvalue weighted by atomic mass is 10.2. The number of rotatable bonds is 3. The van der Waals surface area contributed by atoms with Crippen LogP contribution >= 0.6 is 0 Å². The smallest absolute Gasteiger partial charge is 0.231 e. The number of hydrogen-bond acceptors (Lipinski definition) is 3. The summed E-state index contributed by atoms with van der Waals surface area (Å²) in [5.41, 5.74) is 2.26. The molecular weight excluding hydrogens is 228 g/mol. The zero-order valence-electron chi connectivity index (χ0n) is 10.2. The molecule has 0 N–H and O–H groups in total. The van der Waals surface area contributed by atoms with Crippen LogP contribution in [0.4, 0.5) is 0 Å². The van der Waals surface area contributed by atoms with E-state index in [1.54, 1.807) is 0 Å². The highest BCUT2D eigenvalue weighted by atomic mass is 16.7. The Kier molecular flexibility index (Phi) is 2.81. The minimum absolute atomic E-state index is 0.303. The van der Waals surface area contributed by atoms with E-state index in [4.69, 9.17) is 14.2 Å². The van der Waals surface area contributed by atoms with Crippen molar-refractivity contribution < 1.29 is 14.2 Å². The molecule has 1 aliphatic rings. The fourth-order valence-corrected chi connectivity index (χ4v) is 1.90. The fraction of sp³-hybridized carbons (Fsp3) is 0.200. The Hall–Kier alpha value is -2.16. The van der Waals surface area contributed by atoms with Crippen molar-refractivity contribution in [1.29, 1.82) is 0 Å². The van der Waals surface area contributed by atoms with Crippen LogP contribution in [0.5, 0.6) is 17.2 Å². The molecule has 3 rings (SSSR count). The molecule has 0 amide bonds. The number of fused-ring (bicyclic) bond motifs is 1. The van der Waals surface area contributed by atoms with Crippen molar-refractivity contribution in [2.75, 3.05) is 6.79 Å². The molecule has 92 valence electrons. The van der Waals surface area contributed by atoms with Crippen LogP contribution in [0, 0.1) is 6.92 Å². The Labute approximate surface area is 106 Å². The number of ether oxygens (including phenoxy) is 3. The molecule has 2 aromatic rings. The Morgan fingerprint density at radius 3 is 2.83 bits per heavy atom. The lowest BCUT2D eigenvalue weighted by Crippen LogP contribution is -1.95. The fourth-order valence-electron chi connectivity index (χ4n) is 1.90. The van der Waals surface area contributed by atoms with Gasteiger partial charge in [0.15, 0.2) is 11.5 Å². The van der Waals surface area contributed by atoms with Gasteiger partial charge in [-0.25, -0.2) is 0 Å². The van der Waals surface area contributed by atoms with Crippen molar-refractivity contribution in [1.82, 2.24) is 0 Å². The molecule has 0 atom stereocenters. The summed E-state index contributed by atoms with van der Waals surface area (Å²) in [6, 6.07) is 13.9. The van der Waals surface area contributed by atoms with Crippen LogP contribution in [0.3, 0.4) is 0 Å². The van der Waals surface area contributed by atoms with Crippen LogP contribution in [-0.4, -0.2) is 6.79 Å². The highest BCUT2D eigenvalue weighted by molar-refractivity contribution is 5.44. The van der Waals surface area contributed by atoms with Crippen molar-refractivity contribution in [3.8, 4) is 17.2 Å². The van der Waals surface area contributed by atoms with Crippen molar-refractivity contribution in [2.45, 2.75) is 13.5 Å². The summed E-state index contributed by atoms with van der Waals surface area (Å²) < 4.78 is 16.3. The molecule has 1 heterocycles. The van der Waals surface area contributed by atoms with E-state index in [2.05, 4.69) is 0 Å². The van der Waals surface area contributed by atoms with E-state index in [9.17, 15) is 0 Å². The molecule has 3 heteroatoms. The van der Waals surface area contributed by atoms with Crippen LogP contribution < -0.4 is 14.2 Å². The standard InChI is InChI=1S/C15H14O3/c1-11-3-2-4-13(7-11)16-9-12-5-6-14-15(8-12)18-10-17-14/h2-8H,9-10H2,1H3. The molecule has 18 heavy (non-hydrogen) atoms. The predicted molar refractivity (Wildman–Crippen MR) is 68.1 cm³/mol. The topological polar surface area (TPSA) is 27.7 Å². The Bertz CT molecular complexity index is 563. The maximum atomic E-state index is 5.74. The predicted octanol–water partition coefficient (Wildman–Crippen LogP) is 3.30. The Balaban J connectivity index is 1.70. The van der Waals surface area contributed by atoms with Crippen LogP contribution in [-0.2, 0) is 6.61 Å². The summed E-state index contributed by atoms with van der Waals surface area (Å²) in [5, 5.41) is 0. The van der Waals surface area contributed by atoms with E-state index in [0.29, 0.717) is 13.4 Å². The number of benzene rings is 2. The first kappa shape index (κ1) is 11.0. The van der Waals surface area contributed by atoms with Gasteiger partial charge in [-0.15, -0.1) is 0 Å². The third-order valence-electron chi connectivity index (χ3n) is 2.83. The second-order valence-electron chi connectivity index (χ2n) is 4.29. The van der Waals surface area contributed by atoms with E-state index < -0.39 is 0 Å². The van der Waals surface area contributed by atoms with E-state index in [0.717, 1.165) is 22.8 Å². The molecule has 0 aliphatic carbocycles. The van der Waals surface area contributed by atoms with Gasteiger partial charge in [0.1, 0.15) is 12.4 Å². The molecule has 1 aliphatic heterocycles. The molecule has 0 fully saturated rings. The van der Waals surface area contributed by atoms with Crippen molar-refractivity contribution >= 4 is 0 Å². The van der Waals surface area contributed by atoms with E-state index in [-0.39, 0.29) is 0 Å². The van der Waals surface area contributed by atoms with Crippen molar-refractivity contribution in [3.63, 3.8) is 0 Å². The van der Waals surface area contributed by atoms with Crippen molar-refractivity contribution in [3.05, 3.63) is 53.6 Å². The SMILES string of the molecule is Cc1cccc(OCc2ccc3c(c2)OCO3)c1. The van der Waals surface area contributed by atoms with Gasteiger partial charge in [0.25, 0.3) is 0 Å². The quantitative estimate of drug-likeness (QED) is 0.826. The summed E-state index contributed by atoms with van der Waals surface area (Å²) in [4.78, 5) is 0. The van der Waals surface area contributed by atoms with Gasteiger partial charge in [-0.05, 0) is 42.3 Å². The molecule has 0 saturated carbocycles. The largest absolute Gasteiger partial charge is 0.489 e. The molecule has 0 spiro atoms. The molecule has 0 radical (unpaired) electrons. The minimum Gasteiger partial charge on any atom is -0.489 e. The van der Waals surface area contributed by atoms with Gasteiger partial charge in [0, 0.05) is 0 Å². The third-order valence-corrected chi connectivity index (χ3v) is 2.83. The summed E-state index contributed by atoms with van der Waals surface area (Å²) in [5.74, 6) is 2.47. The second-order valence-corrected chi connectivity index (χ2v) is 4.29. The molecule has 0 bridgehead atoms. The lowest BCUT2D eigenvalue weighted by molar-refractivity contribution is 0.174. The molecule has 2 aromatic carbocycles. The molecule has 0 aromatic heterocycles.